The molecule has 0 saturated carbocycles. The van der Waals surface area contributed by atoms with E-state index < -0.39 is 29.6 Å². The van der Waals surface area contributed by atoms with E-state index in [0.717, 1.165) is 11.0 Å². The van der Waals surface area contributed by atoms with Gasteiger partial charge in [0.05, 0.1) is 30.5 Å². The molecule has 188 valence electrons. The summed E-state index contributed by atoms with van der Waals surface area (Å²) in [5, 5.41) is 2.01. The topological polar surface area (TPSA) is 111 Å². The van der Waals surface area contributed by atoms with Crippen molar-refractivity contribution in [3.63, 3.8) is 0 Å². The summed E-state index contributed by atoms with van der Waals surface area (Å²) in [6.45, 7) is 0. The number of halogens is 2. The van der Waals surface area contributed by atoms with Gasteiger partial charge < -0.3 is 14.2 Å². The molecule has 0 atom stereocenters. The lowest BCUT2D eigenvalue weighted by Crippen LogP contribution is -2.54. The monoisotopic (exact) mass is 524 g/mol. The zero-order chi connectivity index (χ0) is 26.7. The molecule has 1 saturated heterocycles. The van der Waals surface area contributed by atoms with Crippen molar-refractivity contribution in [3.8, 4) is 17.2 Å². The Hall–Kier alpha value is -4.70. The van der Waals surface area contributed by atoms with E-state index in [1.807, 2.05) is 0 Å². The van der Waals surface area contributed by atoms with Crippen molar-refractivity contribution >= 4 is 47.2 Å². The number of urea groups is 1. The Labute approximate surface area is 215 Å². The Bertz CT molecular complexity index is 1450. The molecule has 1 fully saturated rings. The van der Waals surface area contributed by atoms with E-state index in [1.54, 1.807) is 12.1 Å². The highest BCUT2D eigenvalue weighted by atomic mass is 35.5. The largest absolute Gasteiger partial charge is 0.497 e. The van der Waals surface area contributed by atoms with E-state index in [4.69, 9.17) is 25.8 Å². The van der Waals surface area contributed by atoms with Crippen LogP contribution in [0.1, 0.15) is 15.9 Å². The Kier molecular flexibility index (Phi) is 7.21. The summed E-state index contributed by atoms with van der Waals surface area (Å²) < 4.78 is 29.6. The van der Waals surface area contributed by atoms with Gasteiger partial charge in [-0.05, 0) is 60.2 Å². The lowest BCUT2D eigenvalue weighted by molar-refractivity contribution is -0.122. The summed E-state index contributed by atoms with van der Waals surface area (Å²) in [5.41, 5.74) is -0.216. The number of carbonyl (C=O) groups is 4. The lowest BCUT2D eigenvalue weighted by atomic mass is 10.1. The summed E-state index contributed by atoms with van der Waals surface area (Å²) in [6.07, 6.45) is 1.21. The molecular weight excluding hydrogens is 507 g/mol. The van der Waals surface area contributed by atoms with Gasteiger partial charge >= 0.3 is 12.0 Å². The van der Waals surface area contributed by atoms with Gasteiger partial charge in [0, 0.05) is 0 Å². The van der Waals surface area contributed by atoms with Gasteiger partial charge in [-0.1, -0.05) is 23.7 Å². The van der Waals surface area contributed by atoms with Gasteiger partial charge in [0.25, 0.3) is 11.8 Å². The van der Waals surface area contributed by atoms with Crippen LogP contribution in [0, 0.1) is 5.82 Å². The number of rotatable bonds is 6. The van der Waals surface area contributed by atoms with Gasteiger partial charge in [0.1, 0.15) is 17.1 Å². The van der Waals surface area contributed by atoms with E-state index in [0.29, 0.717) is 5.75 Å². The first-order valence-electron chi connectivity index (χ1n) is 10.6. The molecule has 37 heavy (non-hydrogen) atoms. The standard InChI is InChI=1S/C26H18ClFN2O7/c1-35-16-9-7-15(8-10-16)30-24(32)18(23(31)29-26(30)34)11-14-12-19(27)22(21(13-14)36-2)37-25(33)17-5-3-4-6-20(17)28/h3-13H,1-2H3,(H,29,31,34)/b18-11-. The van der Waals surface area contributed by atoms with Gasteiger partial charge in [-0.2, -0.15) is 0 Å². The average molecular weight is 525 g/mol. The average Bonchev–Trinajstić information content (AvgIpc) is 2.88. The van der Waals surface area contributed by atoms with Crippen LogP contribution in [0.15, 0.2) is 66.2 Å². The third kappa shape index (κ3) is 5.14. The number of nitrogens with zero attached hydrogens (tertiary/aromatic N) is 1. The second-order valence-corrected chi connectivity index (χ2v) is 7.97. The number of anilines is 1. The number of carbonyl (C=O) groups excluding carboxylic acids is 4. The highest BCUT2D eigenvalue weighted by molar-refractivity contribution is 6.39. The fourth-order valence-electron chi connectivity index (χ4n) is 3.49. The van der Waals surface area contributed by atoms with E-state index >= 15 is 0 Å². The van der Waals surface area contributed by atoms with Gasteiger partial charge in [-0.15, -0.1) is 0 Å². The van der Waals surface area contributed by atoms with Crippen LogP contribution in [0.2, 0.25) is 5.02 Å². The van der Waals surface area contributed by atoms with Crippen molar-refractivity contribution in [2.45, 2.75) is 0 Å². The van der Waals surface area contributed by atoms with Crippen LogP contribution in [0.3, 0.4) is 0 Å². The van der Waals surface area contributed by atoms with E-state index in [9.17, 15) is 23.6 Å². The van der Waals surface area contributed by atoms with Crippen molar-refractivity contribution in [2.75, 3.05) is 19.1 Å². The van der Waals surface area contributed by atoms with Crippen LogP contribution in [0.25, 0.3) is 6.08 Å². The number of methoxy groups -OCH3 is 2. The summed E-state index contributed by atoms with van der Waals surface area (Å²) in [6, 6.07) is 13.1. The van der Waals surface area contributed by atoms with E-state index in [1.165, 1.54) is 62.8 Å². The number of imide groups is 2. The van der Waals surface area contributed by atoms with Crippen LogP contribution >= 0.6 is 11.6 Å². The predicted octanol–water partition coefficient (Wildman–Crippen LogP) is 4.38. The Morgan fingerprint density at radius 3 is 2.35 bits per heavy atom. The molecule has 3 aromatic rings. The number of esters is 1. The minimum Gasteiger partial charge on any atom is -0.497 e. The molecule has 9 nitrogen and oxygen atoms in total. The van der Waals surface area contributed by atoms with Crippen LogP contribution in [0.4, 0.5) is 14.9 Å². The molecule has 4 amide bonds. The van der Waals surface area contributed by atoms with E-state index in [2.05, 4.69) is 5.32 Å². The number of ether oxygens (including phenoxy) is 3. The molecule has 0 aromatic heterocycles. The predicted molar refractivity (Wildman–Crippen MR) is 131 cm³/mol. The van der Waals surface area contributed by atoms with Crippen molar-refractivity contribution < 1.29 is 37.8 Å². The lowest BCUT2D eigenvalue weighted by Gasteiger charge is -2.26. The highest BCUT2D eigenvalue weighted by Crippen LogP contribution is 2.38. The molecule has 0 unspecified atom stereocenters. The number of nitrogens with one attached hydrogen (secondary N) is 1. The third-order valence-corrected chi connectivity index (χ3v) is 5.56. The zero-order valence-electron chi connectivity index (χ0n) is 19.4. The first kappa shape index (κ1) is 25.4. The molecule has 0 aliphatic carbocycles. The molecule has 1 aliphatic heterocycles. The number of barbiturate groups is 1. The van der Waals surface area contributed by atoms with Crippen LogP contribution < -0.4 is 24.4 Å². The van der Waals surface area contributed by atoms with Crippen molar-refractivity contribution in [3.05, 3.63) is 88.2 Å². The molecule has 3 aromatic carbocycles. The summed E-state index contributed by atoms with van der Waals surface area (Å²) in [5.74, 6) is -3.25. The molecule has 4 rings (SSSR count). The number of hydrogen-bond donors (Lipinski definition) is 1. The van der Waals surface area contributed by atoms with E-state index in [-0.39, 0.29) is 38.9 Å². The fraction of sp³-hybridized carbons (Fsp3) is 0.0769. The summed E-state index contributed by atoms with van der Waals surface area (Å²) >= 11 is 6.31. The maximum absolute atomic E-state index is 14.0. The molecule has 0 spiro atoms. The van der Waals surface area contributed by atoms with Gasteiger partial charge in [0.15, 0.2) is 11.5 Å². The molecule has 0 bridgehead atoms. The van der Waals surface area contributed by atoms with Crippen molar-refractivity contribution in [1.29, 1.82) is 0 Å². The molecule has 11 heteroatoms. The Balaban J connectivity index is 1.67. The van der Waals surface area contributed by atoms with Gasteiger partial charge in [-0.3, -0.25) is 14.9 Å². The zero-order valence-corrected chi connectivity index (χ0v) is 20.2. The molecule has 1 N–H and O–H groups in total. The smallest absolute Gasteiger partial charge is 0.346 e. The van der Waals surface area contributed by atoms with Crippen LogP contribution in [0.5, 0.6) is 17.2 Å². The second-order valence-electron chi connectivity index (χ2n) is 7.56. The number of amides is 4. The quantitative estimate of drug-likeness (QED) is 0.220. The minimum absolute atomic E-state index is 0.0178. The van der Waals surface area contributed by atoms with Gasteiger partial charge in [0.2, 0.25) is 0 Å². The Morgan fingerprint density at radius 1 is 1.00 bits per heavy atom. The maximum Gasteiger partial charge on any atom is 0.346 e. The number of benzene rings is 3. The highest BCUT2D eigenvalue weighted by Gasteiger charge is 2.37. The third-order valence-electron chi connectivity index (χ3n) is 5.28. The molecule has 0 radical (unpaired) electrons. The first-order chi connectivity index (χ1) is 17.7. The fourth-order valence-corrected chi connectivity index (χ4v) is 3.74. The van der Waals surface area contributed by atoms with Crippen LogP contribution in [-0.4, -0.2) is 38.0 Å². The van der Waals surface area contributed by atoms with Crippen LogP contribution in [-0.2, 0) is 9.59 Å². The van der Waals surface area contributed by atoms with Crippen molar-refractivity contribution in [1.82, 2.24) is 5.32 Å². The maximum atomic E-state index is 14.0. The normalized spacial score (nSPS) is 14.4. The molecular formula is C26H18ClFN2O7. The first-order valence-corrected chi connectivity index (χ1v) is 11.0. The second kappa shape index (κ2) is 10.5. The summed E-state index contributed by atoms with van der Waals surface area (Å²) in [4.78, 5) is 51.3. The SMILES string of the molecule is COc1ccc(N2C(=O)NC(=O)/C(=C/c3cc(Cl)c(OC(=O)c4ccccc4F)c(OC)c3)C2=O)cc1. The molecule has 1 heterocycles. The Morgan fingerprint density at radius 2 is 1.70 bits per heavy atom. The molecule has 1 aliphatic rings. The van der Waals surface area contributed by atoms with Crippen molar-refractivity contribution in [2.24, 2.45) is 0 Å². The van der Waals surface area contributed by atoms with Gasteiger partial charge in [-0.25, -0.2) is 18.9 Å². The number of hydrogen-bond acceptors (Lipinski definition) is 7. The summed E-state index contributed by atoms with van der Waals surface area (Å²) in [7, 11) is 2.75. The minimum atomic E-state index is -1.00.